The van der Waals surface area contributed by atoms with Gasteiger partial charge < -0.3 is 0 Å². The molecule has 6 heteroatoms. The number of benzene rings is 2. The SMILES string of the molecule is N#Cc1cccc(C(=O)Nc2nc3c(s2)CN(Cc2ccccc2)CC3)c1. The van der Waals surface area contributed by atoms with E-state index in [1.54, 1.807) is 24.3 Å². The van der Waals surface area contributed by atoms with Crippen LogP contribution >= 0.6 is 11.3 Å². The van der Waals surface area contributed by atoms with E-state index >= 15 is 0 Å². The maximum Gasteiger partial charge on any atom is 0.257 e. The Labute approximate surface area is 161 Å². The molecule has 27 heavy (non-hydrogen) atoms. The molecule has 0 spiro atoms. The van der Waals surface area contributed by atoms with Crippen molar-refractivity contribution in [1.82, 2.24) is 9.88 Å². The van der Waals surface area contributed by atoms with Crippen molar-refractivity contribution in [3.05, 3.63) is 81.9 Å². The average molecular weight is 374 g/mol. The Balaban J connectivity index is 1.44. The highest BCUT2D eigenvalue weighted by Crippen LogP contribution is 2.29. The minimum Gasteiger partial charge on any atom is -0.298 e. The third-order valence-electron chi connectivity index (χ3n) is 4.53. The van der Waals surface area contributed by atoms with Crippen LogP contribution in [0.2, 0.25) is 0 Å². The Bertz CT molecular complexity index is 1010. The largest absolute Gasteiger partial charge is 0.298 e. The fourth-order valence-electron chi connectivity index (χ4n) is 3.18. The van der Waals surface area contributed by atoms with Gasteiger partial charge in [-0.3, -0.25) is 15.0 Å². The molecule has 4 rings (SSSR count). The van der Waals surface area contributed by atoms with E-state index in [4.69, 9.17) is 5.26 Å². The van der Waals surface area contributed by atoms with Crippen molar-refractivity contribution in [1.29, 1.82) is 5.26 Å². The van der Waals surface area contributed by atoms with Gasteiger partial charge in [0, 0.05) is 36.5 Å². The summed E-state index contributed by atoms with van der Waals surface area (Å²) in [5.41, 5.74) is 3.31. The molecule has 0 bridgehead atoms. The van der Waals surface area contributed by atoms with Gasteiger partial charge in [0.25, 0.3) is 5.91 Å². The molecule has 5 nitrogen and oxygen atoms in total. The summed E-state index contributed by atoms with van der Waals surface area (Å²) in [5.74, 6) is -0.237. The van der Waals surface area contributed by atoms with Gasteiger partial charge in [-0.25, -0.2) is 4.98 Å². The lowest BCUT2D eigenvalue weighted by atomic mass is 10.1. The van der Waals surface area contributed by atoms with Crippen molar-refractivity contribution in [2.75, 3.05) is 11.9 Å². The first-order valence-electron chi connectivity index (χ1n) is 8.77. The molecule has 0 saturated carbocycles. The highest BCUT2D eigenvalue weighted by Gasteiger charge is 2.21. The Morgan fingerprint density at radius 2 is 2.07 bits per heavy atom. The first kappa shape index (κ1) is 17.4. The fourth-order valence-corrected chi connectivity index (χ4v) is 4.22. The minimum absolute atomic E-state index is 0.237. The summed E-state index contributed by atoms with van der Waals surface area (Å²) in [6.45, 7) is 2.73. The number of nitrogens with one attached hydrogen (secondary N) is 1. The third kappa shape index (κ3) is 4.05. The monoisotopic (exact) mass is 374 g/mol. The first-order chi connectivity index (χ1) is 13.2. The van der Waals surface area contributed by atoms with Crippen molar-refractivity contribution >= 4 is 22.4 Å². The van der Waals surface area contributed by atoms with Gasteiger partial charge in [-0.1, -0.05) is 36.4 Å². The summed E-state index contributed by atoms with van der Waals surface area (Å²) in [4.78, 5) is 20.6. The van der Waals surface area contributed by atoms with Gasteiger partial charge in [0.05, 0.1) is 17.3 Å². The van der Waals surface area contributed by atoms with Crippen LogP contribution in [0.4, 0.5) is 5.13 Å². The van der Waals surface area contributed by atoms with Crippen molar-refractivity contribution < 1.29 is 4.79 Å². The van der Waals surface area contributed by atoms with E-state index in [1.807, 2.05) is 6.07 Å². The zero-order valence-corrected chi connectivity index (χ0v) is 15.5. The number of rotatable bonds is 4. The van der Waals surface area contributed by atoms with E-state index in [9.17, 15) is 4.79 Å². The molecule has 0 saturated heterocycles. The van der Waals surface area contributed by atoms with Crippen LogP contribution in [0.1, 0.15) is 32.1 Å². The molecule has 0 radical (unpaired) electrons. The number of nitrogens with zero attached hydrogens (tertiary/aromatic N) is 3. The van der Waals surface area contributed by atoms with Crippen molar-refractivity contribution in [2.24, 2.45) is 0 Å². The number of hydrogen-bond acceptors (Lipinski definition) is 5. The first-order valence-corrected chi connectivity index (χ1v) is 9.59. The lowest BCUT2D eigenvalue weighted by Crippen LogP contribution is -2.29. The van der Waals surface area contributed by atoms with E-state index in [2.05, 4.69) is 45.5 Å². The number of nitriles is 1. The number of amides is 1. The molecule has 0 atom stereocenters. The highest BCUT2D eigenvalue weighted by molar-refractivity contribution is 7.15. The second-order valence-corrected chi connectivity index (χ2v) is 7.57. The molecule has 0 unspecified atom stereocenters. The quantitative estimate of drug-likeness (QED) is 0.754. The third-order valence-corrected chi connectivity index (χ3v) is 5.53. The summed E-state index contributed by atoms with van der Waals surface area (Å²) < 4.78 is 0. The molecule has 2 heterocycles. The number of fused-ring (bicyclic) bond motifs is 1. The predicted octanol–water partition coefficient (Wildman–Crippen LogP) is 3.83. The Kier molecular flexibility index (Phi) is 4.97. The minimum atomic E-state index is -0.237. The number of aromatic nitrogens is 1. The van der Waals surface area contributed by atoms with Gasteiger partial charge in [0.1, 0.15) is 0 Å². The second-order valence-electron chi connectivity index (χ2n) is 6.48. The van der Waals surface area contributed by atoms with Crippen LogP contribution in [-0.2, 0) is 19.5 Å². The van der Waals surface area contributed by atoms with Crippen LogP contribution in [0.25, 0.3) is 0 Å². The molecule has 1 N–H and O–H groups in total. The topological polar surface area (TPSA) is 69.0 Å². The van der Waals surface area contributed by atoms with Crippen LogP contribution in [0.5, 0.6) is 0 Å². The highest BCUT2D eigenvalue weighted by atomic mass is 32.1. The summed E-state index contributed by atoms with van der Waals surface area (Å²) in [6, 6.07) is 19.2. The average Bonchev–Trinajstić information content (AvgIpc) is 3.10. The van der Waals surface area contributed by atoms with E-state index in [0.29, 0.717) is 16.3 Å². The Morgan fingerprint density at radius 3 is 2.89 bits per heavy atom. The molecule has 1 amide bonds. The maximum atomic E-state index is 12.4. The molecule has 134 valence electrons. The number of carbonyl (C=O) groups is 1. The lowest BCUT2D eigenvalue weighted by Gasteiger charge is -2.25. The Hall–Kier alpha value is -3.01. The summed E-state index contributed by atoms with van der Waals surface area (Å²) in [6.07, 6.45) is 0.887. The van der Waals surface area contributed by atoms with Crippen molar-refractivity contribution in [3.8, 4) is 6.07 Å². The molecular formula is C21H18N4OS. The standard InChI is InChI=1S/C21H18N4OS/c22-12-16-7-4-8-17(11-16)20(26)24-21-23-18-9-10-25(14-19(18)27-21)13-15-5-2-1-3-6-15/h1-8,11H,9-10,13-14H2,(H,23,24,26). The van der Waals surface area contributed by atoms with Crippen LogP contribution in [0.3, 0.4) is 0 Å². The van der Waals surface area contributed by atoms with Crippen LogP contribution in [-0.4, -0.2) is 22.3 Å². The van der Waals surface area contributed by atoms with E-state index in [0.717, 1.165) is 31.7 Å². The van der Waals surface area contributed by atoms with Gasteiger partial charge in [0.15, 0.2) is 5.13 Å². The summed E-state index contributed by atoms with van der Waals surface area (Å²) >= 11 is 1.53. The van der Waals surface area contributed by atoms with E-state index < -0.39 is 0 Å². The number of anilines is 1. The molecule has 0 fully saturated rings. The smallest absolute Gasteiger partial charge is 0.257 e. The van der Waals surface area contributed by atoms with Crippen LogP contribution < -0.4 is 5.32 Å². The molecule has 1 aliphatic rings. The number of thiazole rings is 1. The number of hydrogen-bond donors (Lipinski definition) is 1. The number of carbonyl (C=O) groups excluding carboxylic acids is 1. The van der Waals surface area contributed by atoms with Crippen molar-refractivity contribution in [3.63, 3.8) is 0 Å². The van der Waals surface area contributed by atoms with Gasteiger partial charge in [0.2, 0.25) is 0 Å². The van der Waals surface area contributed by atoms with Crippen LogP contribution in [0, 0.1) is 11.3 Å². The van der Waals surface area contributed by atoms with Crippen molar-refractivity contribution in [2.45, 2.75) is 19.5 Å². The van der Waals surface area contributed by atoms with Gasteiger partial charge in [-0.05, 0) is 23.8 Å². The van der Waals surface area contributed by atoms with Gasteiger partial charge in [-0.2, -0.15) is 5.26 Å². The predicted molar refractivity (Wildman–Crippen MR) is 105 cm³/mol. The van der Waals surface area contributed by atoms with E-state index in [-0.39, 0.29) is 5.91 Å². The molecule has 1 aliphatic heterocycles. The molecule has 3 aromatic rings. The van der Waals surface area contributed by atoms with Crippen LogP contribution in [0.15, 0.2) is 54.6 Å². The summed E-state index contributed by atoms with van der Waals surface area (Å²) in [5, 5.41) is 12.5. The zero-order valence-electron chi connectivity index (χ0n) is 14.7. The molecule has 1 aromatic heterocycles. The van der Waals surface area contributed by atoms with Gasteiger partial charge >= 0.3 is 0 Å². The maximum absolute atomic E-state index is 12.4. The molecule has 2 aromatic carbocycles. The van der Waals surface area contributed by atoms with Gasteiger partial charge in [-0.15, -0.1) is 11.3 Å². The summed E-state index contributed by atoms with van der Waals surface area (Å²) in [7, 11) is 0. The molecule has 0 aliphatic carbocycles. The second kappa shape index (κ2) is 7.70. The zero-order chi connectivity index (χ0) is 18.6. The molecular weight excluding hydrogens is 356 g/mol. The normalized spacial score (nSPS) is 13.6. The fraction of sp³-hybridized carbons (Fsp3) is 0.190. The Morgan fingerprint density at radius 1 is 1.22 bits per heavy atom. The lowest BCUT2D eigenvalue weighted by molar-refractivity contribution is 0.102. The van der Waals surface area contributed by atoms with E-state index in [1.165, 1.54) is 21.8 Å².